The van der Waals surface area contributed by atoms with Gasteiger partial charge in [-0.2, -0.15) is 8.42 Å². The number of aromatic amines is 1. The van der Waals surface area contributed by atoms with Gasteiger partial charge in [-0.25, -0.2) is 0 Å². The van der Waals surface area contributed by atoms with E-state index >= 15 is 0 Å². The first-order valence-electron chi connectivity index (χ1n) is 12.5. The van der Waals surface area contributed by atoms with Crippen molar-refractivity contribution in [3.8, 4) is 29.2 Å². The second-order valence-corrected chi connectivity index (χ2v) is 10.9. The summed E-state index contributed by atoms with van der Waals surface area (Å²) < 4.78 is 45.2. The fourth-order valence-electron chi connectivity index (χ4n) is 4.97. The summed E-state index contributed by atoms with van der Waals surface area (Å²) in [5, 5.41) is 1.87. The van der Waals surface area contributed by atoms with E-state index in [1.54, 1.807) is 6.07 Å². The minimum Gasteiger partial charge on any atom is -0.493 e. The Morgan fingerprint density at radius 3 is 2.71 bits per heavy atom. The molecule has 0 aliphatic heterocycles. The van der Waals surface area contributed by atoms with E-state index < -0.39 is 15.1 Å². The molecule has 1 fully saturated rings. The first kappa shape index (κ1) is 24.2. The molecule has 0 atom stereocenters. The zero-order chi connectivity index (χ0) is 26.6. The number of hydrogen-bond donors (Lipinski definition) is 1. The van der Waals surface area contributed by atoms with Crippen molar-refractivity contribution in [1.82, 2.24) is 14.5 Å². The molecule has 1 aliphatic carbocycles. The molecule has 3 heterocycles. The van der Waals surface area contributed by atoms with Crippen molar-refractivity contribution in [3.63, 3.8) is 0 Å². The van der Waals surface area contributed by atoms with Gasteiger partial charge in [0.05, 0.1) is 22.9 Å². The van der Waals surface area contributed by atoms with Gasteiger partial charge in [0.25, 0.3) is 0 Å². The van der Waals surface area contributed by atoms with Crippen LogP contribution >= 0.6 is 0 Å². The molecule has 0 radical (unpaired) electrons. The maximum Gasteiger partial charge on any atom is 0.333 e. The molecule has 7 nitrogen and oxygen atoms in total. The molecular formula is C29H24FN3O4S. The van der Waals surface area contributed by atoms with Crippen molar-refractivity contribution in [3.05, 3.63) is 64.6 Å². The molecule has 0 spiro atoms. The molecule has 0 amide bonds. The highest BCUT2D eigenvalue weighted by atomic mass is 32.3. The van der Waals surface area contributed by atoms with Crippen LogP contribution in [-0.4, -0.2) is 29.6 Å². The van der Waals surface area contributed by atoms with Gasteiger partial charge < -0.3 is 14.3 Å². The molecule has 1 saturated carbocycles. The second kappa shape index (κ2) is 8.99. The third-order valence-corrected chi connectivity index (χ3v) is 7.77. The predicted molar refractivity (Wildman–Crippen MR) is 146 cm³/mol. The molecule has 0 saturated heterocycles. The van der Waals surface area contributed by atoms with Gasteiger partial charge >= 0.3 is 10.2 Å². The molecule has 192 valence electrons. The first-order valence-corrected chi connectivity index (χ1v) is 13.9. The Hall–Kier alpha value is -4.16. The van der Waals surface area contributed by atoms with Gasteiger partial charge in [-0.1, -0.05) is 25.3 Å². The standard InChI is InChI=1S/C29H24FN3O4S/c1-3-5-10-37-26-14-23-25(13-22(26)18-12-20(16-31-15-18)38(30,35)36)33(19-7-8-19)29-27(28(23)34)21-9-6-17(4-2)11-24(21)32-29/h2,6,9,11-16,19,32H,3,5,7-8,10H2,1H3. The number of aromatic nitrogens is 3. The van der Waals surface area contributed by atoms with Gasteiger partial charge in [0.1, 0.15) is 16.3 Å². The minimum absolute atomic E-state index is 0.142. The van der Waals surface area contributed by atoms with Gasteiger partial charge in [-0.15, -0.1) is 10.3 Å². The number of nitrogens with one attached hydrogen (secondary N) is 1. The number of rotatable bonds is 7. The lowest BCUT2D eigenvalue weighted by atomic mass is 10.0. The summed E-state index contributed by atoms with van der Waals surface area (Å²) in [6, 6.07) is 10.5. The predicted octanol–water partition coefficient (Wildman–Crippen LogP) is 5.85. The van der Waals surface area contributed by atoms with E-state index in [9.17, 15) is 17.1 Å². The number of unbranched alkanes of at least 4 members (excludes halogenated alkanes) is 1. The normalized spacial score (nSPS) is 13.8. The van der Waals surface area contributed by atoms with Gasteiger partial charge in [0, 0.05) is 46.0 Å². The van der Waals surface area contributed by atoms with Crippen LogP contribution in [0.5, 0.6) is 5.75 Å². The molecule has 0 unspecified atom stereocenters. The lowest BCUT2D eigenvalue weighted by molar-refractivity contribution is 0.311. The van der Waals surface area contributed by atoms with E-state index in [0.717, 1.165) is 42.8 Å². The van der Waals surface area contributed by atoms with E-state index in [1.165, 1.54) is 12.3 Å². The first-order chi connectivity index (χ1) is 18.3. The molecule has 1 aliphatic rings. The van der Waals surface area contributed by atoms with E-state index in [2.05, 4.69) is 20.5 Å². The Labute approximate surface area is 218 Å². The summed E-state index contributed by atoms with van der Waals surface area (Å²) >= 11 is 0. The summed E-state index contributed by atoms with van der Waals surface area (Å²) in [4.78, 5) is 20.8. The maximum atomic E-state index is 14.0. The van der Waals surface area contributed by atoms with E-state index in [0.29, 0.717) is 51.0 Å². The number of pyridine rings is 2. The van der Waals surface area contributed by atoms with Crippen LogP contribution in [0.4, 0.5) is 3.89 Å². The zero-order valence-corrected chi connectivity index (χ0v) is 21.4. The molecular weight excluding hydrogens is 505 g/mol. The molecule has 38 heavy (non-hydrogen) atoms. The lowest BCUT2D eigenvalue weighted by Gasteiger charge is -2.17. The Kier molecular flexibility index (Phi) is 5.73. The highest BCUT2D eigenvalue weighted by Gasteiger charge is 2.29. The number of ether oxygens (including phenoxy) is 1. The lowest BCUT2D eigenvalue weighted by Crippen LogP contribution is -2.11. The summed E-state index contributed by atoms with van der Waals surface area (Å²) in [7, 11) is -4.95. The fraction of sp³-hybridized carbons (Fsp3) is 0.241. The van der Waals surface area contributed by atoms with Crippen LogP contribution in [0.1, 0.15) is 44.2 Å². The smallest absolute Gasteiger partial charge is 0.333 e. The molecule has 3 aromatic heterocycles. The minimum atomic E-state index is -4.95. The SMILES string of the molecule is C#Cc1ccc2c(c1)[nH]c1c2c(=O)c2cc(OCCCC)c(-c3cncc(S(=O)(=O)F)c3)cc2n1C1CC1. The maximum absolute atomic E-state index is 14.0. The van der Waals surface area contributed by atoms with Gasteiger partial charge in [0.15, 0.2) is 5.43 Å². The van der Waals surface area contributed by atoms with Gasteiger partial charge in [-0.05, 0) is 49.6 Å². The van der Waals surface area contributed by atoms with E-state index in [-0.39, 0.29) is 11.5 Å². The van der Waals surface area contributed by atoms with Crippen molar-refractivity contribution in [1.29, 1.82) is 0 Å². The molecule has 9 heteroatoms. The van der Waals surface area contributed by atoms with Crippen LogP contribution in [0.15, 0.2) is 58.5 Å². The Bertz CT molecular complexity index is 1960. The number of terminal acetylenes is 1. The van der Waals surface area contributed by atoms with Crippen molar-refractivity contribution in [2.75, 3.05) is 6.61 Å². The number of hydrogen-bond acceptors (Lipinski definition) is 5. The molecule has 2 aromatic carbocycles. The van der Waals surface area contributed by atoms with E-state index in [1.807, 2.05) is 31.2 Å². The summed E-state index contributed by atoms with van der Waals surface area (Å²) in [5.74, 6) is 3.05. The highest BCUT2D eigenvalue weighted by molar-refractivity contribution is 7.86. The number of H-pyrrole nitrogens is 1. The van der Waals surface area contributed by atoms with Crippen LogP contribution in [0.25, 0.3) is 44.0 Å². The van der Waals surface area contributed by atoms with Gasteiger partial charge in [-0.3, -0.25) is 9.78 Å². The number of halogens is 1. The number of fused-ring (bicyclic) bond motifs is 4. The fourth-order valence-corrected chi connectivity index (χ4v) is 5.43. The summed E-state index contributed by atoms with van der Waals surface area (Å²) in [5.41, 5.74) is 3.65. The summed E-state index contributed by atoms with van der Waals surface area (Å²) in [6.07, 6.45) is 11.6. The Morgan fingerprint density at radius 2 is 2.00 bits per heavy atom. The third kappa shape index (κ3) is 4.02. The topological polar surface area (TPSA) is 94.1 Å². The average molecular weight is 530 g/mol. The van der Waals surface area contributed by atoms with Crippen molar-refractivity contribution in [2.45, 2.75) is 43.5 Å². The van der Waals surface area contributed by atoms with Crippen LogP contribution < -0.4 is 10.2 Å². The van der Waals surface area contributed by atoms with Crippen LogP contribution in [-0.2, 0) is 10.2 Å². The van der Waals surface area contributed by atoms with Crippen molar-refractivity contribution < 1.29 is 17.0 Å². The number of nitrogens with zero attached hydrogens (tertiary/aromatic N) is 2. The zero-order valence-electron chi connectivity index (χ0n) is 20.6. The van der Waals surface area contributed by atoms with Crippen LogP contribution in [0, 0.1) is 12.3 Å². The van der Waals surface area contributed by atoms with Crippen LogP contribution in [0.3, 0.4) is 0 Å². The summed E-state index contributed by atoms with van der Waals surface area (Å²) in [6.45, 7) is 2.45. The quantitative estimate of drug-likeness (QED) is 0.162. The second-order valence-electron chi connectivity index (χ2n) is 9.60. The van der Waals surface area contributed by atoms with Gasteiger partial charge in [0.2, 0.25) is 0 Å². The molecule has 6 rings (SSSR count). The Morgan fingerprint density at radius 1 is 1.18 bits per heavy atom. The number of benzene rings is 2. The largest absolute Gasteiger partial charge is 0.493 e. The Balaban J connectivity index is 1.69. The third-order valence-electron chi connectivity index (χ3n) is 6.99. The van der Waals surface area contributed by atoms with E-state index in [4.69, 9.17) is 11.2 Å². The monoisotopic (exact) mass is 529 g/mol. The van der Waals surface area contributed by atoms with Crippen molar-refractivity contribution >= 4 is 43.1 Å². The molecule has 5 aromatic rings. The van der Waals surface area contributed by atoms with Crippen molar-refractivity contribution in [2.24, 2.45) is 0 Å². The highest BCUT2D eigenvalue weighted by Crippen LogP contribution is 2.43. The molecule has 1 N–H and O–H groups in total. The van der Waals surface area contributed by atoms with Crippen LogP contribution in [0.2, 0.25) is 0 Å². The average Bonchev–Trinajstić information content (AvgIpc) is 3.67. The molecule has 0 bridgehead atoms.